The molecule has 1 atom stereocenters. The zero-order valence-corrected chi connectivity index (χ0v) is 21.6. The van der Waals surface area contributed by atoms with Gasteiger partial charge in [0.15, 0.2) is 0 Å². The van der Waals surface area contributed by atoms with Crippen LogP contribution >= 0.6 is 34.8 Å². The second-order valence-corrected chi connectivity index (χ2v) is 9.27. The van der Waals surface area contributed by atoms with Crippen molar-refractivity contribution < 1.29 is 49.1 Å². The molecule has 2 aromatic carbocycles. The van der Waals surface area contributed by atoms with Crippen LogP contribution < -0.4 is 10.6 Å². The fourth-order valence-corrected chi connectivity index (χ4v) is 3.79. The van der Waals surface area contributed by atoms with Crippen molar-refractivity contribution in [2.24, 2.45) is 0 Å². The number of halogens is 12. The summed E-state index contributed by atoms with van der Waals surface area (Å²) in [6, 6.07) is 3.36. The Morgan fingerprint density at radius 2 is 1.49 bits per heavy atom. The summed E-state index contributed by atoms with van der Waals surface area (Å²) in [6.45, 7) is -2.40. The molecule has 2 amide bonds. The average Bonchev–Trinajstić information content (AvgIpc) is 2.80. The van der Waals surface area contributed by atoms with Crippen LogP contribution in [-0.4, -0.2) is 37.0 Å². The van der Waals surface area contributed by atoms with Gasteiger partial charge >= 0.3 is 12.4 Å². The number of benzene rings is 2. The molecule has 2 aromatic rings. The molecule has 0 radical (unpaired) electrons. The molecule has 0 heterocycles. The minimum Gasteiger partial charge on any atom is -0.345 e. The highest BCUT2D eigenvalue weighted by Gasteiger charge is 2.38. The number of hydrogen-bond acceptors (Lipinski definition) is 2. The zero-order valence-electron chi connectivity index (χ0n) is 19.3. The third-order valence-corrected chi connectivity index (χ3v) is 6.16. The van der Waals surface area contributed by atoms with Gasteiger partial charge in [-0.3, -0.25) is 9.59 Å². The van der Waals surface area contributed by atoms with E-state index < -0.39 is 71.6 Å². The number of carbonyl (C=O) groups is 2. The summed E-state index contributed by atoms with van der Waals surface area (Å²) in [4.78, 5) is 23.6. The Labute approximate surface area is 230 Å². The highest BCUT2D eigenvalue weighted by molar-refractivity contribution is 6.48. The number of amides is 2. The molecule has 0 aliphatic rings. The van der Waals surface area contributed by atoms with Crippen molar-refractivity contribution in [1.29, 1.82) is 0 Å². The molecule has 1 unspecified atom stereocenters. The highest BCUT2D eigenvalue weighted by atomic mass is 35.5. The Morgan fingerprint density at radius 1 is 0.923 bits per heavy atom. The smallest absolute Gasteiger partial charge is 0.345 e. The maximum absolute atomic E-state index is 15.0. The molecule has 39 heavy (non-hydrogen) atoms. The van der Waals surface area contributed by atoms with E-state index in [-0.39, 0.29) is 26.7 Å². The largest absolute Gasteiger partial charge is 0.417 e. The van der Waals surface area contributed by atoms with Gasteiger partial charge in [0.05, 0.1) is 38.7 Å². The Bertz CT molecular complexity index is 1250. The van der Waals surface area contributed by atoms with Gasteiger partial charge in [-0.15, -0.1) is 0 Å². The summed E-state index contributed by atoms with van der Waals surface area (Å²) in [5.74, 6) is -10.1. The quantitative estimate of drug-likeness (QED) is 0.231. The topological polar surface area (TPSA) is 58.2 Å². The van der Waals surface area contributed by atoms with Crippen LogP contribution in [0.15, 0.2) is 36.4 Å². The van der Waals surface area contributed by atoms with Crippen LogP contribution in [0.1, 0.15) is 39.9 Å². The van der Waals surface area contributed by atoms with Crippen molar-refractivity contribution in [3.8, 4) is 0 Å². The first-order valence-corrected chi connectivity index (χ1v) is 11.6. The summed E-state index contributed by atoms with van der Waals surface area (Å²) in [7, 11) is 0. The molecule has 4 nitrogen and oxygen atoms in total. The van der Waals surface area contributed by atoms with Gasteiger partial charge in [0, 0.05) is 12.5 Å². The van der Waals surface area contributed by atoms with Gasteiger partial charge in [-0.05, 0) is 35.9 Å². The predicted molar refractivity (Wildman–Crippen MR) is 127 cm³/mol. The number of alkyl halides is 8. The van der Waals surface area contributed by atoms with E-state index in [9.17, 15) is 44.7 Å². The van der Waals surface area contributed by atoms with Crippen molar-refractivity contribution in [2.75, 3.05) is 13.1 Å². The van der Waals surface area contributed by atoms with Crippen LogP contribution in [0.5, 0.6) is 0 Å². The maximum Gasteiger partial charge on any atom is 0.417 e. The average molecular weight is 630 g/mol. The van der Waals surface area contributed by atoms with E-state index in [1.54, 1.807) is 5.32 Å². The molecular formula is C23H16Cl3F9N2O2. The molecule has 2 N–H and O–H groups in total. The van der Waals surface area contributed by atoms with Gasteiger partial charge < -0.3 is 10.6 Å². The summed E-state index contributed by atoms with van der Waals surface area (Å²) in [6.07, 6.45) is -9.67. The van der Waals surface area contributed by atoms with Crippen LogP contribution in [0.2, 0.25) is 15.1 Å². The number of allylic oxidation sites excluding steroid dienone is 1. The summed E-state index contributed by atoms with van der Waals surface area (Å²) >= 11 is 17.5. The molecule has 214 valence electrons. The first-order valence-electron chi connectivity index (χ1n) is 10.4. The molecule has 0 spiro atoms. The number of rotatable bonds is 8. The molecule has 16 heteroatoms. The molecule has 0 aromatic heterocycles. The van der Waals surface area contributed by atoms with Crippen LogP contribution in [0.25, 0.3) is 5.83 Å². The lowest BCUT2D eigenvalue weighted by Gasteiger charge is -2.22. The zero-order chi connectivity index (χ0) is 29.9. The van der Waals surface area contributed by atoms with Crippen molar-refractivity contribution in [3.05, 3.63) is 73.7 Å². The fourth-order valence-electron chi connectivity index (χ4n) is 3.17. The molecule has 0 fully saturated rings. The maximum atomic E-state index is 15.0. The van der Waals surface area contributed by atoms with E-state index in [1.165, 1.54) is 5.32 Å². The van der Waals surface area contributed by atoms with E-state index in [4.69, 9.17) is 34.8 Å². The summed E-state index contributed by atoms with van der Waals surface area (Å²) in [5.41, 5.74) is -3.93. The van der Waals surface area contributed by atoms with Crippen molar-refractivity contribution in [1.82, 2.24) is 10.6 Å². The lowest BCUT2D eigenvalue weighted by Crippen LogP contribution is -2.41. The van der Waals surface area contributed by atoms with Gasteiger partial charge in [-0.25, -0.2) is 13.2 Å². The van der Waals surface area contributed by atoms with Gasteiger partial charge in [0.25, 0.3) is 11.8 Å². The third kappa shape index (κ3) is 9.21. The number of hydrogen-bond donors (Lipinski definition) is 2. The molecule has 2 rings (SSSR count). The van der Waals surface area contributed by atoms with Crippen LogP contribution in [0.4, 0.5) is 39.5 Å². The van der Waals surface area contributed by atoms with Crippen LogP contribution in [-0.2, 0) is 11.0 Å². The lowest BCUT2D eigenvalue weighted by molar-refractivity contribution is -0.138. The van der Waals surface area contributed by atoms with Crippen molar-refractivity contribution >= 4 is 52.4 Å². The number of carbonyl (C=O) groups excluding carboxylic acids is 2. The minimum atomic E-state index is -5.26. The Morgan fingerprint density at radius 3 is 1.97 bits per heavy atom. The molecular weight excluding hydrogens is 614 g/mol. The SMILES string of the molecule is CC(F)(F)C(/C=C(\F)c1ccc(C(=O)NCC(=O)NCC(F)(F)F)c(C(F)(F)F)c1)c1cc(Cl)c(Cl)c(Cl)c1. The highest BCUT2D eigenvalue weighted by Crippen LogP contribution is 2.42. The van der Waals surface area contributed by atoms with Crippen LogP contribution in [0.3, 0.4) is 0 Å². The first-order chi connectivity index (χ1) is 17.7. The monoisotopic (exact) mass is 628 g/mol. The third-order valence-electron chi connectivity index (χ3n) is 4.97. The first kappa shape index (κ1) is 32.6. The Kier molecular flexibility index (Phi) is 10.2. The number of nitrogens with one attached hydrogen (secondary N) is 2. The van der Waals surface area contributed by atoms with Gasteiger partial charge in [-0.1, -0.05) is 40.9 Å². The normalized spacial score (nSPS) is 13.7. The van der Waals surface area contributed by atoms with E-state index >= 15 is 4.39 Å². The molecule has 0 saturated heterocycles. The van der Waals surface area contributed by atoms with E-state index in [0.29, 0.717) is 25.1 Å². The lowest BCUT2D eigenvalue weighted by atomic mass is 9.91. The Balaban J connectivity index is 2.41. The van der Waals surface area contributed by atoms with Crippen molar-refractivity contribution in [2.45, 2.75) is 31.1 Å². The van der Waals surface area contributed by atoms with E-state index in [1.807, 2.05) is 0 Å². The van der Waals surface area contributed by atoms with Gasteiger partial charge in [-0.2, -0.15) is 26.3 Å². The van der Waals surface area contributed by atoms with Crippen molar-refractivity contribution in [3.63, 3.8) is 0 Å². The second kappa shape index (κ2) is 12.3. The fraction of sp³-hybridized carbons (Fsp3) is 0.304. The second-order valence-electron chi connectivity index (χ2n) is 8.08. The summed E-state index contributed by atoms with van der Waals surface area (Å²) in [5, 5.41) is 2.51. The molecule has 0 bridgehead atoms. The van der Waals surface area contributed by atoms with Crippen LogP contribution in [0, 0.1) is 0 Å². The molecule has 0 saturated carbocycles. The van der Waals surface area contributed by atoms with Gasteiger partial charge in [0.1, 0.15) is 12.4 Å². The predicted octanol–water partition coefficient (Wildman–Crippen LogP) is 7.82. The summed E-state index contributed by atoms with van der Waals surface area (Å²) < 4.78 is 121. The van der Waals surface area contributed by atoms with E-state index in [0.717, 1.165) is 12.1 Å². The minimum absolute atomic E-state index is 0.161. The standard InChI is InChI=1S/C23H16Cl3F9N2O2/c1-21(28,29)13(11-5-15(24)19(26)16(25)6-11)7-17(27)10-2-3-12(14(4-10)23(33,34)35)20(39)36-8-18(38)37-9-22(30,31)32/h2-7,13H,8-9H2,1H3,(H,36,39)(H,37,38)/b17-7-. The molecule has 0 aliphatic heterocycles. The van der Waals surface area contributed by atoms with E-state index in [2.05, 4.69) is 0 Å². The Hall–Kier alpha value is -2.64. The molecule has 0 aliphatic carbocycles. The van der Waals surface area contributed by atoms with Gasteiger partial charge in [0.2, 0.25) is 5.91 Å².